The molecule has 1 unspecified atom stereocenters. The van der Waals surface area contributed by atoms with Gasteiger partial charge >= 0.3 is 0 Å². The molecule has 1 aliphatic rings. The number of carbonyl (C=O) groups is 1. The summed E-state index contributed by atoms with van der Waals surface area (Å²) in [6, 6.07) is 16.0. The first-order valence-corrected chi connectivity index (χ1v) is 8.88. The molecule has 25 heavy (non-hydrogen) atoms. The maximum absolute atomic E-state index is 13.2. The third-order valence-corrected chi connectivity index (χ3v) is 5.20. The van der Waals surface area contributed by atoms with Gasteiger partial charge in [0.05, 0.1) is 11.5 Å². The van der Waals surface area contributed by atoms with Crippen molar-refractivity contribution >= 4 is 5.91 Å². The largest absolute Gasteiger partial charge is 0.396 e. The first kappa shape index (κ1) is 17.6. The molecule has 2 aromatic carbocycles. The Morgan fingerprint density at radius 1 is 1.12 bits per heavy atom. The second-order valence-corrected chi connectivity index (χ2v) is 6.75. The van der Waals surface area contributed by atoms with Crippen LogP contribution in [0.4, 0.5) is 4.39 Å². The van der Waals surface area contributed by atoms with Crippen molar-refractivity contribution in [3.63, 3.8) is 0 Å². The maximum atomic E-state index is 13.2. The molecule has 0 spiro atoms. The Morgan fingerprint density at radius 3 is 2.36 bits per heavy atom. The Balaban J connectivity index is 1.80. The van der Waals surface area contributed by atoms with E-state index in [0.717, 1.165) is 30.4 Å². The van der Waals surface area contributed by atoms with E-state index in [0.29, 0.717) is 12.8 Å². The number of rotatable bonds is 7. The monoisotopic (exact) mass is 341 g/mol. The number of halogens is 1. The number of aliphatic hydroxyl groups excluding tert-OH is 1. The molecule has 1 amide bonds. The Kier molecular flexibility index (Phi) is 5.49. The van der Waals surface area contributed by atoms with Gasteiger partial charge in [-0.15, -0.1) is 0 Å². The minimum absolute atomic E-state index is 0.00264. The molecule has 0 bridgehead atoms. The molecule has 1 atom stereocenters. The zero-order chi connectivity index (χ0) is 17.7. The first-order valence-electron chi connectivity index (χ1n) is 8.88. The van der Waals surface area contributed by atoms with Gasteiger partial charge in [-0.2, -0.15) is 0 Å². The van der Waals surface area contributed by atoms with Crippen LogP contribution in [0.5, 0.6) is 0 Å². The number of aliphatic hydroxyl groups is 1. The Hall–Kier alpha value is -2.20. The number of carbonyl (C=O) groups excluding carboxylic acids is 1. The quantitative estimate of drug-likeness (QED) is 0.803. The molecular weight excluding hydrogens is 317 g/mol. The molecule has 3 rings (SSSR count). The summed E-state index contributed by atoms with van der Waals surface area (Å²) in [5, 5.41) is 12.3. The molecule has 2 aromatic rings. The normalized spacial score (nSPS) is 16.7. The third kappa shape index (κ3) is 3.74. The van der Waals surface area contributed by atoms with Crippen LogP contribution in [0.15, 0.2) is 54.6 Å². The van der Waals surface area contributed by atoms with Gasteiger partial charge in [-0.25, -0.2) is 4.39 Å². The summed E-state index contributed by atoms with van der Waals surface area (Å²) in [5.41, 5.74) is 1.37. The molecule has 1 aliphatic carbocycles. The highest BCUT2D eigenvalue weighted by molar-refractivity contribution is 5.89. The third-order valence-electron chi connectivity index (χ3n) is 5.20. The fraction of sp³-hybridized carbons (Fsp3) is 0.381. The number of hydrogen-bond donors (Lipinski definition) is 2. The summed E-state index contributed by atoms with van der Waals surface area (Å²) >= 11 is 0. The highest BCUT2D eigenvalue weighted by Gasteiger charge is 2.46. The van der Waals surface area contributed by atoms with Crippen molar-refractivity contribution in [3.05, 3.63) is 71.5 Å². The van der Waals surface area contributed by atoms with Gasteiger partial charge in [-0.3, -0.25) is 4.79 Å². The van der Waals surface area contributed by atoms with E-state index in [1.54, 1.807) is 12.1 Å². The molecule has 0 heterocycles. The van der Waals surface area contributed by atoms with Crippen LogP contribution in [0, 0.1) is 5.82 Å². The van der Waals surface area contributed by atoms with Crippen LogP contribution < -0.4 is 5.32 Å². The second kappa shape index (κ2) is 7.79. The zero-order valence-corrected chi connectivity index (χ0v) is 14.2. The van der Waals surface area contributed by atoms with Crippen LogP contribution in [0.1, 0.15) is 49.3 Å². The number of benzene rings is 2. The van der Waals surface area contributed by atoms with Crippen LogP contribution in [-0.4, -0.2) is 17.6 Å². The molecule has 1 saturated carbocycles. The molecule has 4 heteroatoms. The molecule has 2 N–H and O–H groups in total. The SMILES string of the molecule is O=C(NC(CCCO)c1ccccc1)C1(c2ccc(F)cc2)CCC1. The lowest BCUT2D eigenvalue weighted by atomic mass is 9.63. The summed E-state index contributed by atoms with van der Waals surface area (Å²) in [6.45, 7) is 0.0995. The van der Waals surface area contributed by atoms with Crippen LogP contribution in [-0.2, 0) is 10.2 Å². The summed E-state index contributed by atoms with van der Waals surface area (Å²) in [6.07, 6.45) is 3.88. The van der Waals surface area contributed by atoms with E-state index in [1.807, 2.05) is 30.3 Å². The molecule has 1 fully saturated rings. The fourth-order valence-electron chi connectivity index (χ4n) is 3.55. The molecule has 3 nitrogen and oxygen atoms in total. The van der Waals surface area contributed by atoms with E-state index in [2.05, 4.69) is 5.32 Å². The average Bonchev–Trinajstić information content (AvgIpc) is 2.60. The van der Waals surface area contributed by atoms with Gasteiger partial charge in [-0.05, 0) is 48.9 Å². The van der Waals surface area contributed by atoms with Crippen LogP contribution in [0.25, 0.3) is 0 Å². The van der Waals surface area contributed by atoms with E-state index in [1.165, 1.54) is 12.1 Å². The second-order valence-electron chi connectivity index (χ2n) is 6.75. The zero-order valence-electron chi connectivity index (χ0n) is 14.2. The number of hydrogen-bond acceptors (Lipinski definition) is 2. The number of amides is 1. The van der Waals surface area contributed by atoms with Crippen molar-refractivity contribution in [2.75, 3.05) is 6.61 Å². The molecule has 132 valence electrons. The number of nitrogens with one attached hydrogen (secondary N) is 1. The predicted molar refractivity (Wildman–Crippen MR) is 95.6 cm³/mol. The fourth-order valence-corrected chi connectivity index (χ4v) is 3.55. The van der Waals surface area contributed by atoms with Gasteiger partial charge in [0.15, 0.2) is 0 Å². The van der Waals surface area contributed by atoms with Crippen molar-refractivity contribution in [1.29, 1.82) is 0 Å². The van der Waals surface area contributed by atoms with Gasteiger partial charge < -0.3 is 10.4 Å². The van der Waals surface area contributed by atoms with E-state index >= 15 is 0 Å². The van der Waals surface area contributed by atoms with E-state index in [9.17, 15) is 9.18 Å². The first-order chi connectivity index (χ1) is 12.2. The summed E-state index contributed by atoms with van der Waals surface area (Å²) in [7, 11) is 0. The molecule has 0 aliphatic heterocycles. The maximum Gasteiger partial charge on any atom is 0.231 e. The van der Waals surface area contributed by atoms with Crippen molar-refractivity contribution in [2.24, 2.45) is 0 Å². The molecular formula is C21H24FNO2. The standard InChI is InChI=1S/C21H24FNO2/c22-18-11-9-17(10-12-18)21(13-5-14-21)20(25)23-19(8-4-15-24)16-6-2-1-3-7-16/h1-3,6-7,9-12,19,24H,4-5,8,13-15H2,(H,23,25). The van der Waals surface area contributed by atoms with Crippen molar-refractivity contribution in [1.82, 2.24) is 5.32 Å². The highest BCUT2D eigenvalue weighted by atomic mass is 19.1. The lowest BCUT2D eigenvalue weighted by molar-refractivity contribution is -0.130. The minimum Gasteiger partial charge on any atom is -0.396 e. The van der Waals surface area contributed by atoms with E-state index in [4.69, 9.17) is 5.11 Å². The van der Waals surface area contributed by atoms with Gasteiger partial charge in [0.2, 0.25) is 5.91 Å². The molecule has 0 aromatic heterocycles. The van der Waals surface area contributed by atoms with Crippen LogP contribution >= 0.6 is 0 Å². The van der Waals surface area contributed by atoms with Gasteiger partial charge in [0.25, 0.3) is 0 Å². The van der Waals surface area contributed by atoms with Crippen molar-refractivity contribution in [3.8, 4) is 0 Å². The Bertz CT molecular complexity index is 696. The predicted octanol–water partition coefficient (Wildman–Crippen LogP) is 3.88. The van der Waals surface area contributed by atoms with Crippen molar-refractivity contribution < 1.29 is 14.3 Å². The van der Waals surface area contributed by atoms with Gasteiger partial charge in [0, 0.05) is 6.61 Å². The van der Waals surface area contributed by atoms with Crippen molar-refractivity contribution in [2.45, 2.75) is 43.6 Å². The van der Waals surface area contributed by atoms with Crippen LogP contribution in [0.2, 0.25) is 0 Å². The van der Waals surface area contributed by atoms with Gasteiger partial charge in [0.1, 0.15) is 5.82 Å². The highest BCUT2D eigenvalue weighted by Crippen LogP contribution is 2.44. The molecule has 0 saturated heterocycles. The minimum atomic E-state index is -0.556. The topological polar surface area (TPSA) is 49.3 Å². The summed E-state index contributed by atoms with van der Waals surface area (Å²) in [4.78, 5) is 13.1. The average molecular weight is 341 g/mol. The van der Waals surface area contributed by atoms with E-state index < -0.39 is 5.41 Å². The molecule has 0 radical (unpaired) electrons. The Labute approximate surface area is 147 Å². The lowest BCUT2D eigenvalue weighted by Gasteiger charge is -2.41. The van der Waals surface area contributed by atoms with Crippen LogP contribution in [0.3, 0.4) is 0 Å². The van der Waals surface area contributed by atoms with E-state index in [-0.39, 0.29) is 24.4 Å². The van der Waals surface area contributed by atoms with Gasteiger partial charge in [-0.1, -0.05) is 48.9 Å². The Morgan fingerprint density at radius 2 is 1.80 bits per heavy atom. The smallest absolute Gasteiger partial charge is 0.231 e. The lowest BCUT2D eigenvalue weighted by Crippen LogP contribution is -2.50. The summed E-state index contributed by atoms with van der Waals surface area (Å²) < 4.78 is 13.2. The summed E-state index contributed by atoms with van der Waals surface area (Å²) in [5.74, 6) is -0.291.